The summed E-state index contributed by atoms with van der Waals surface area (Å²) in [4.78, 5) is 24.0. The Kier molecular flexibility index (Phi) is 3.79. The van der Waals surface area contributed by atoms with Crippen molar-refractivity contribution in [2.24, 2.45) is 5.92 Å². The molecule has 20 heavy (non-hydrogen) atoms. The van der Waals surface area contributed by atoms with Crippen LogP contribution in [0.1, 0.15) is 25.1 Å². The molecular weight excluding hydrogens is 254 g/mol. The van der Waals surface area contributed by atoms with E-state index in [4.69, 9.17) is 0 Å². The highest BCUT2D eigenvalue weighted by Gasteiger charge is 2.14. The van der Waals surface area contributed by atoms with E-state index in [9.17, 15) is 9.59 Å². The zero-order chi connectivity index (χ0) is 14.9. The zero-order valence-corrected chi connectivity index (χ0v) is 12.2. The van der Waals surface area contributed by atoms with E-state index in [1.807, 2.05) is 32.9 Å². The van der Waals surface area contributed by atoms with Gasteiger partial charge in [-0.25, -0.2) is 4.68 Å². The molecule has 5 heteroatoms. The fourth-order valence-corrected chi connectivity index (χ4v) is 1.85. The van der Waals surface area contributed by atoms with Crippen LogP contribution in [0.25, 0.3) is 5.69 Å². The molecule has 0 aliphatic heterocycles. The molecule has 0 fully saturated rings. The lowest BCUT2D eigenvalue weighted by Crippen LogP contribution is -2.22. The summed E-state index contributed by atoms with van der Waals surface area (Å²) in [5, 5.41) is 5.87. The largest absolute Gasteiger partial charge is 0.324 e. The molecule has 0 aliphatic rings. The van der Waals surface area contributed by atoms with Gasteiger partial charge in [0.1, 0.15) is 0 Å². The number of benzene rings is 1. The van der Waals surface area contributed by atoms with Crippen LogP contribution < -0.4 is 10.9 Å². The average Bonchev–Trinajstić information content (AvgIpc) is 2.67. The Bertz CT molecular complexity index is 695. The molecule has 106 valence electrons. The standard InChI is InChI=1S/C15H19N3O2/c1-9(2)14(19)16-12-7-5-6-8-13(12)18-15(20)10(3)11(4)17-18/h5-9,17H,1-4H3,(H,16,19). The molecule has 2 N–H and O–H groups in total. The van der Waals surface area contributed by atoms with E-state index in [0.717, 1.165) is 5.69 Å². The molecule has 2 rings (SSSR count). The lowest BCUT2D eigenvalue weighted by Gasteiger charge is -2.12. The maximum Gasteiger partial charge on any atom is 0.274 e. The van der Waals surface area contributed by atoms with Gasteiger partial charge in [-0.15, -0.1) is 0 Å². The van der Waals surface area contributed by atoms with Gasteiger partial charge >= 0.3 is 0 Å². The predicted octanol–water partition coefficient (Wildman–Crippen LogP) is 2.38. The fourth-order valence-electron chi connectivity index (χ4n) is 1.85. The van der Waals surface area contributed by atoms with Crippen molar-refractivity contribution >= 4 is 11.6 Å². The van der Waals surface area contributed by atoms with Crippen LogP contribution >= 0.6 is 0 Å². The molecule has 5 nitrogen and oxygen atoms in total. The fraction of sp³-hybridized carbons (Fsp3) is 0.333. The molecule has 0 saturated carbocycles. The summed E-state index contributed by atoms with van der Waals surface area (Å²) < 4.78 is 1.46. The maximum absolute atomic E-state index is 12.2. The lowest BCUT2D eigenvalue weighted by molar-refractivity contribution is -0.118. The normalized spacial score (nSPS) is 10.8. The number of H-pyrrole nitrogens is 1. The van der Waals surface area contributed by atoms with Crippen molar-refractivity contribution in [3.63, 3.8) is 0 Å². The molecule has 2 aromatic rings. The van der Waals surface area contributed by atoms with E-state index >= 15 is 0 Å². The number of nitrogens with one attached hydrogen (secondary N) is 2. The number of aryl methyl sites for hydroxylation is 1. The number of hydrogen-bond acceptors (Lipinski definition) is 2. The smallest absolute Gasteiger partial charge is 0.274 e. The SMILES string of the molecule is Cc1[nH]n(-c2ccccc2NC(=O)C(C)C)c(=O)c1C. The Morgan fingerprint density at radius 1 is 1.25 bits per heavy atom. The van der Waals surface area contributed by atoms with Crippen LogP contribution in [0.3, 0.4) is 0 Å². The summed E-state index contributed by atoms with van der Waals surface area (Å²) >= 11 is 0. The van der Waals surface area contributed by atoms with Gasteiger partial charge in [0.2, 0.25) is 5.91 Å². The number of carbonyl (C=O) groups is 1. The number of aromatic nitrogens is 2. The van der Waals surface area contributed by atoms with E-state index in [1.54, 1.807) is 19.1 Å². The second-order valence-corrected chi connectivity index (χ2v) is 5.16. The minimum Gasteiger partial charge on any atom is -0.324 e. The van der Waals surface area contributed by atoms with Gasteiger partial charge in [0.25, 0.3) is 5.56 Å². The van der Waals surface area contributed by atoms with Crippen LogP contribution in [0, 0.1) is 19.8 Å². The number of carbonyl (C=O) groups excluding carboxylic acids is 1. The Morgan fingerprint density at radius 2 is 1.90 bits per heavy atom. The molecule has 0 aliphatic carbocycles. The van der Waals surface area contributed by atoms with Crippen LogP contribution in [-0.4, -0.2) is 15.7 Å². The minimum atomic E-state index is -0.119. The number of amides is 1. The van der Waals surface area contributed by atoms with E-state index in [2.05, 4.69) is 10.4 Å². The second-order valence-electron chi connectivity index (χ2n) is 5.16. The first-order chi connectivity index (χ1) is 9.41. The highest BCUT2D eigenvalue weighted by atomic mass is 16.2. The average molecular weight is 273 g/mol. The van der Waals surface area contributed by atoms with E-state index in [1.165, 1.54) is 4.68 Å². The first kappa shape index (κ1) is 14.1. The van der Waals surface area contributed by atoms with Crippen LogP contribution in [0.5, 0.6) is 0 Å². The van der Waals surface area contributed by atoms with Gasteiger partial charge in [-0.1, -0.05) is 26.0 Å². The molecular formula is C15H19N3O2. The van der Waals surface area contributed by atoms with E-state index < -0.39 is 0 Å². The number of aromatic amines is 1. The zero-order valence-electron chi connectivity index (χ0n) is 12.2. The Hall–Kier alpha value is -2.30. The first-order valence-electron chi connectivity index (χ1n) is 6.60. The lowest BCUT2D eigenvalue weighted by atomic mass is 10.2. The Morgan fingerprint density at radius 3 is 2.45 bits per heavy atom. The van der Waals surface area contributed by atoms with E-state index in [0.29, 0.717) is 16.9 Å². The molecule has 1 aromatic carbocycles. The van der Waals surface area contributed by atoms with Gasteiger partial charge in [0.05, 0.1) is 11.4 Å². The summed E-state index contributed by atoms with van der Waals surface area (Å²) in [6, 6.07) is 7.24. The molecule has 0 atom stereocenters. The quantitative estimate of drug-likeness (QED) is 0.901. The third-order valence-electron chi connectivity index (χ3n) is 3.29. The van der Waals surface area contributed by atoms with Gasteiger partial charge in [0, 0.05) is 17.2 Å². The molecule has 0 saturated heterocycles. The van der Waals surface area contributed by atoms with Crippen molar-refractivity contribution in [2.75, 3.05) is 5.32 Å². The Balaban J connectivity index is 2.50. The third kappa shape index (κ3) is 2.52. The number of hydrogen-bond donors (Lipinski definition) is 2. The number of rotatable bonds is 3. The van der Waals surface area contributed by atoms with Crippen molar-refractivity contribution in [2.45, 2.75) is 27.7 Å². The summed E-state index contributed by atoms with van der Waals surface area (Å²) in [5.41, 5.74) is 2.65. The van der Waals surface area contributed by atoms with Crippen LogP contribution in [0.2, 0.25) is 0 Å². The molecule has 0 unspecified atom stereocenters. The van der Waals surface area contributed by atoms with E-state index in [-0.39, 0.29) is 17.4 Å². The Labute approximate surface area is 117 Å². The molecule has 0 radical (unpaired) electrons. The van der Waals surface area contributed by atoms with Crippen molar-refractivity contribution < 1.29 is 4.79 Å². The van der Waals surface area contributed by atoms with Gasteiger partial charge < -0.3 is 5.32 Å². The highest BCUT2D eigenvalue weighted by Crippen LogP contribution is 2.19. The molecule has 1 aromatic heterocycles. The number of nitrogens with zero attached hydrogens (tertiary/aromatic N) is 1. The number of para-hydroxylation sites is 2. The van der Waals surface area contributed by atoms with Gasteiger partial charge in [-0.2, -0.15) is 0 Å². The molecule has 1 heterocycles. The molecule has 0 spiro atoms. The van der Waals surface area contributed by atoms with Crippen molar-refractivity contribution in [1.82, 2.24) is 9.78 Å². The van der Waals surface area contributed by atoms with Gasteiger partial charge in [-0.3, -0.25) is 14.7 Å². The molecule has 0 bridgehead atoms. The van der Waals surface area contributed by atoms with Gasteiger partial charge in [-0.05, 0) is 26.0 Å². The summed E-state index contributed by atoms with van der Waals surface area (Å²) in [5.74, 6) is -0.197. The maximum atomic E-state index is 12.2. The summed E-state index contributed by atoms with van der Waals surface area (Å²) in [7, 11) is 0. The summed E-state index contributed by atoms with van der Waals surface area (Å²) in [6.45, 7) is 7.28. The first-order valence-corrected chi connectivity index (χ1v) is 6.60. The van der Waals surface area contributed by atoms with Crippen LogP contribution in [0.15, 0.2) is 29.1 Å². The topological polar surface area (TPSA) is 66.9 Å². The van der Waals surface area contributed by atoms with Gasteiger partial charge in [0.15, 0.2) is 0 Å². The van der Waals surface area contributed by atoms with Crippen LogP contribution in [0.4, 0.5) is 5.69 Å². The third-order valence-corrected chi connectivity index (χ3v) is 3.29. The van der Waals surface area contributed by atoms with Crippen molar-refractivity contribution in [1.29, 1.82) is 0 Å². The molecule has 1 amide bonds. The van der Waals surface area contributed by atoms with Crippen molar-refractivity contribution in [3.8, 4) is 5.69 Å². The predicted molar refractivity (Wildman–Crippen MR) is 79.3 cm³/mol. The summed E-state index contributed by atoms with van der Waals surface area (Å²) in [6.07, 6.45) is 0. The minimum absolute atomic E-state index is 0.0782. The second kappa shape index (κ2) is 5.36. The van der Waals surface area contributed by atoms with Crippen LogP contribution in [-0.2, 0) is 4.79 Å². The number of anilines is 1. The van der Waals surface area contributed by atoms with Crippen molar-refractivity contribution in [3.05, 3.63) is 45.9 Å². The highest BCUT2D eigenvalue weighted by molar-refractivity contribution is 5.94. The monoisotopic (exact) mass is 273 g/mol.